The number of ether oxygens (including phenoxy) is 1. The van der Waals surface area contributed by atoms with E-state index in [0.29, 0.717) is 36.5 Å². The standard InChI is InChI=1S/C34H50F3NO6S/c1-5-24-28-19-22(39)14-16-33(28,4)27-15-17-32(3)25(12-13-26(32)29(27)30(24)40)20(2)7-6-18-45(42,43)38-31(41)21-8-10-23(11-9-21)44-34(35,36)37/h8-11,20,22,24-30,39-40H,5-7,12-19H2,1-4H3,(H,38,41)/t20-,22-,24-,25-,26?,27?,28+,29?,30-,32-,33-/m1/s1. The highest BCUT2D eigenvalue weighted by Crippen LogP contribution is 2.69. The van der Waals surface area contributed by atoms with E-state index in [0.717, 1.165) is 75.6 Å². The van der Waals surface area contributed by atoms with E-state index in [1.807, 2.05) is 4.72 Å². The molecule has 7 nitrogen and oxygen atoms in total. The van der Waals surface area contributed by atoms with E-state index in [1.165, 1.54) is 0 Å². The number of rotatable bonds is 9. The number of amides is 1. The number of benzene rings is 1. The lowest BCUT2D eigenvalue weighted by molar-refractivity contribution is -0.274. The van der Waals surface area contributed by atoms with Crippen LogP contribution in [0.1, 0.15) is 102 Å². The van der Waals surface area contributed by atoms with Gasteiger partial charge in [0.25, 0.3) is 5.91 Å². The van der Waals surface area contributed by atoms with Gasteiger partial charge in [0.1, 0.15) is 5.75 Å². The van der Waals surface area contributed by atoms with Crippen LogP contribution in [0.3, 0.4) is 0 Å². The number of hydrogen-bond donors (Lipinski definition) is 3. The van der Waals surface area contributed by atoms with Gasteiger partial charge in [0, 0.05) is 5.56 Å². The number of aliphatic hydroxyl groups excluding tert-OH is 2. The molecule has 0 aliphatic heterocycles. The molecule has 3 N–H and O–H groups in total. The second-order valence-corrected chi connectivity index (χ2v) is 16.9. The van der Waals surface area contributed by atoms with Crippen LogP contribution in [0.15, 0.2) is 24.3 Å². The van der Waals surface area contributed by atoms with Crippen LogP contribution < -0.4 is 9.46 Å². The normalized spacial score (nSPS) is 38.9. The first kappa shape index (κ1) is 34.5. The average Bonchev–Trinajstić information content (AvgIpc) is 3.30. The van der Waals surface area contributed by atoms with Crippen molar-refractivity contribution >= 4 is 15.9 Å². The Balaban J connectivity index is 1.18. The minimum atomic E-state index is -4.86. The second kappa shape index (κ2) is 12.6. The van der Waals surface area contributed by atoms with Crippen molar-refractivity contribution in [1.29, 1.82) is 0 Å². The van der Waals surface area contributed by atoms with Crippen LogP contribution in [0.25, 0.3) is 0 Å². The van der Waals surface area contributed by atoms with Crippen LogP contribution in [-0.4, -0.2) is 48.9 Å². The fraction of sp³-hybridized carbons (Fsp3) is 0.794. The van der Waals surface area contributed by atoms with Crippen molar-refractivity contribution in [2.24, 2.45) is 52.3 Å². The lowest BCUT2D eigenvalue weighted by Crippen LogP contribution is -2.62. The topological polar surface area (TPSA) is 113 Å². The fourth-order valence-corrected chi connectivity index (χ4v) is 11.8. The zero-order valence-electron chi connectivity index (χ0n) is 26.9. The molecule has 1 aromatic carbocycles. The molecule has 1 amide bonds. The Labute approximate surface area is 265 Å². The Bertz CT molecular complexity index is 1320. The Morgan fingerprint density at radius 2 is 1.67 bits per heavy atom. The molecule has 4 fully saturated rings. The zero-order valence-corrected chi connectivity index (χ0v) is 27.7. The maximum absolute atomic E-state index is 12.7. The van der Waals surface area contributed by atoms with Gasteiger partial charge in [-0.05, 0) is 134 Å². The molecule has 0 heterocycles. The largest absolute Gasteiger partial charge is 0.573 e. The van der Waals surface area contributed by atoms with Gasteiger partial charge in [-0.3, -0.25) is 4.79 Å². The van der Waals surface area contributed by atoms with Crippen molar-refractivity contribution in [2.45, 2.75) is 110 Å². The van der Waals surface area contributed by atoms with Gasteiger partial charge in [0.15, 0.2) is 0 Å². The number of aliphatic hydroxyl groups is 2. The predicted molar refractivity (Wildman–Crippen MR) is 165 cm³/mol. The molecule has 254 valence electrons. The molecule has 0 bridgehead atoms. The third-order valence-electron chi connectivity index (χ3n) is 12.8. The Morgan fingerprint density at radius 3 is 2.31 bits per heavy atom. The zero-order chi connectivity index (χ0) is 32.9. The quantitative estimate of drug-likeness (QED) is 0.273. The van der Waals surface area contributed by atoms with E-state index in [4.69, 9.17) is 0 Å². The van der Waals surface area contributed by atoms with Crippen LogP contribution in [-0.2, 0) is 10.0 Å². The van der Waals surface area contributed by atoms with Gasteiger partial charge in [-0.25, -0.2) is 13.1 Å². The van der Waals surface area contributed by atoms with Gasteiger partial charge in [-0.1, -0.05) is 34.1 Å². The number of alkyl halides is 3. The lowest BCUT2D eigenvalue weighted by atomic mass is 9.41. The average molecular weight is 658 g/mol. The molecule has 0 saturated heterocycles. The van der Waals surface area contributed by atoms with Crippen molar-refractivity contribution in [2.75, 3.05) is 5.75 Å². The summed E-state index contributed by atoms with van der Waals surface area (Å²) >= 11 is 0. The Morgan fingerprint density at radius 1 is 1.02 bits per heavy atom. The first-order chi connectivity index (χ1) is 21.0. The number of halogens is 3. The molecule has 4 aliphatic rings. The van der Waals surface area contributed by atoms with E-state index >= 15 is 0 Å². The highest BCUT2D eigenvalue weighted by molar-refractivity contribution is 7.90. The van der Waals surface area contributed by atoms with Crippen molar-refractivity contribution in [3.63, 3.8) is 0 Å². The lowest BCUT2D eigenvalue weighted by Gasteiger charge is -2.64. The third kappa shape index (κ3) is 6.77. The van der Waals surface area contributed by atoms with Crippen molar-refractivity contribution in [3.8, 4) is 5.75 Å². The van der Waals surface area contributed by atoms with E-state index in [2.05, 4.69) is 32.4 Å². The van der Waals surface area contributed by atoms with E-state index < -0.39 is 28.0 Å². The van der Waals surface area contributed by atoms with E-state index in [1.54, 1.807) is 0 Å². The number of sulfonamides is 1. The first-order valence-electron chi connectivity index (χ1n) is 16.8. The molecule has 11 heteroatoms. The van der Waals surface area contributed by atoms with Gasteiger partial charge < -0.3 is 14.9 Å². The summed E-state index contributed by atoms with van der Waals surface area (Å²) < 4.78 is 68.5. The minimum absolute atomic E-state index is 0.0757. The maximum atomic E-state index is 12.7. The molecule has 5 rings (SSSR count). The van der Waals surface area contributed by atoms with Crippen molar-refractivity contribution in [1.82, 2.24) is 4.72 Å². The highest BCUT2D eigenvalue weighted by atomic mass is 32.2. The van der Waals surface area contributed by atoms with Crippen molar-refractivity contribution < 1.29 is 41.3 Å². The summed E-state index contributed by atoms with van der Waals surface area (Å²) in [5.41, 5.74) is 0.139. The second-order valence-electron chi connectivity index (χ2n) is 15.1. The summed E-state index contributed by atoms with van der Waals surface area (Å²) in [6, 6.07) is 4.10. The number of hydrogen-bond acceptors (Lipinski definition) is 6. The summed E-state index contributed by atoms with van der Waals surface area (Å²) in [6.07, 6.45) is 3.49. The van der Waals surface area contributed by atoms with Gasteiger partial charge in [-0.15, -0.1) is 13.2 Å². The summed E-state index contributed by atoms with van der Waals surface area (Å²) in [6.45, 7) is 9.21. The molecule has 45 heavy (non-hydrogen) atoms. The van der Waals surface area contributed by atoms with Crippen LogP contribution in [0.2, 0.25) is 0 Å². The van der Waals surface area contributed by atoms with E-state index in [9.17, 15) is 36.6 Å². The smallest absolute Gasteiger partial charge is 0.406 e. The fourth-order valence-electron chi connectivity index (χ4n) is 10.8. The van der Waals surface area contributed by atoms with Crippen molar-refractivity contribution in [3.05, 3.63) is 29.8 Å². The molecular formula is C34H50F3NO6S. The summed E-state index contributed by atoms with van der Waals surface area (Å²) in [4.78, 5) is 12.5. The molecule has 3 unspecified atom stereocenters. The van der Waals surface area contributed by atoms with E-state index in [-0.39, 0.29) is 52.1 Å². The minimum Gasteiger partial charge on any atom is -0.406 e. The molecule has 11 atom stereocenters. The van der Waals surface area contributed by atoms with Crippen LogP contribution in [0.4, 0.5) is 13.2 Å². The van der Waals surface area contributed by atoms with Gasteiger partial charge >= 0.3 is 6.36 Å². The number of carbonyl (C=O) groups is 1. The van der Waals surface area contributed by atoms with Crippen LogP contribution in [0, 0.1) is 52.3 Å². The maximum Gasteiger partial charge on any atom is 0.573 e. The molecule has 0 spiro atoms. The number of fused-ring (bicyclic) bond motifs is 5. The molecule has 4 aliphatic carbocycles. The third-order valence-corrected chi connectivity index (χ3v) is 14.1. The molecule has 1 aromatic rings. The molecule has 0 aromatic heterocycles. The molecule has 0 radical (unpaired) electrons. The van der Waals surface area contributed by atoms with Gasteiger partial charge in [0.05, 0.1) is 18.0 Å². The van der Waals surface area contributed by atoms with Gasteiger partial charge in [0.2, 0.25) is 10.0 Å². The van der Waals surface area contributed by atoms with Crippen LogP contribution >= 0.6 is 0 Å². The number of nitrogens with one attached hydrogen (secondary N) is 1. The molecular weight excluding hydrogens is 607 g/mol. The molecule has 4 saturated carbocycles. The van der Waals surface area contributed by atoms with Crippen LogP contribution in [0.5, 0.6) is 5.75 Å². The Kier molecular flexibility index (Phi) is 9.68. The summed E-state index contributed by atoms with van der Waals surface area (Å²) in [5.74, 6) is 0.779. The summed E-state index contributed by atoms with van der Waals surface area (Å²) in [7, 11) is -3.94. The number of carbonyl (C=O) groups excluding carboxylic acids is 1. The predicted octanol–water partition coefficient (Wildman–Crippen LogP) is 6.69. The summed E-state index contributed by atoms with van der Waals surface area (Å²) in [5, 5.41) is 22.4. The highest BCUT2D eigenvalue weighted by Gasteiger charge is 2.64. The van der Waals surface area contributed by atoms with Gasteiger partial charge in [-0.2, -0.15) is 0 Å². The monoisotopic (exact) mass is 657 g/mol. The SMILES string of the molecule is CC[C@H]1[C@@H](O)C2C3CC[C@H]([C@H](C)CCCS(=O)(=O)NC(=O)c4ccc(OC(F)(F)F)cc4)[C@@]3(C)CCC2[C@@]2(C)CC[C@@H](O)C[C@@H]12. The Hall–Kier alpha value is -1.85. The first-order valence-corrected chi connectivity index (χ1v) is 18.4.